The molecule has 1 N–H and O–H groups in total. The number of benzene rings is 1. The second kappa shape index (κ2) is 4.22. The van der Waals surface area contributed by atoms with E-state index in [2.05, 4.69) is 10.1 Å². The van der Waals surface area contributed by atoms with Gasteiger partial charge in [-0.3, -0.25) is 0 Å². The van der Waals surface area contributed by atoms with Crippen molar-refractivity contribution in [3.63, 3.8) is 0 Å². The number of rotatable bonds is 2. The fourth-order valence-electron chi connectivity index (χ4n) is 1.56. The molecule has 0 radical (unpaired) electrons. The molecule has 1 aromatic rings. The summed E-state index contributed by atoms with van der Waals surface area (Å²) in [4.78, 5) is 22.2. The topological polar surface area (TPSA) is 64.6 Å². The molecule has 1 heterocycles. The van der Waals surface area contributed by atoms with Gasteiger partial charge < -0.3 is 14.8 Å². The first-order valence-electron chi connectivity index (χ1n) is 4.82. The molecule has 0 unspecified atom stereocenters. The highest BCUT2D eigenvalue weighted by Gasteiger charge is 2.24. The molecule has 5 heteroatoms. The lowest BCUT2D eigenvalue weighted by Gasteiger charge is -2.08. The van der Waals surface area contributed by atoms with Crippen molar-refractivity contribution < 1.29 is 19.1 Å². The van der Waals surface area contributed by atoms with Gasteiger partial charge in [-0.1, -0.05) is 12.1 Å². The van der Waals surface area contributed by atoms with Gasteiger partial charge in [0.2, 0.25) is 0 Å². The van der Waals surface area contributed by atoms with E-state index in [0.717, 1.165) is 5.56 Å². The molecule has 1 aliphatic heterocycles. The van der Waals surface area contributed by atoms with Gasteiger partial charge in [0.1, 0.15) is 6.61 Å². The highest BCUT2D eigenvalue weighted by molar-refractivity contribution is 5.89. The van der Waals surface area contributed by atoms with E-state index < -0.39 is 12.1 Å². The van der Waals surface area contributed by atoms with Crippen LogP contribution in [0.1, 0.15) is 22.0 Å². The van der Waals surface area contributed by atoms with Crippen molar-refractivity contribution in [1.29, 1.82) is 0 Å². The third kappa shape index (κ3) is 1.98. The summed E-state index contributed by atoms with van der Waals surface area (Å²) < 4.78 is 9.40. The molecule has 2 rings (SSSR count). The van der Waals surface area contributed by atoms with Gasteiger partial charge in [-0.15, -0.1) is 0 Å². The molecular formula is C11H11NO4. The van der Waals surface area contributed by atoms with Crippen LogP contribution in [0.15, 0.2) is 24.3 Å². The van der Waals surface area contributed by atoms with Crippen LogP contribution in [0.3, 0.4) is 0 Å². The minimum absolute atomic E-state index is 0.197. The van der Waals surface area contributed by atoms with E-state index in [4.69, 9.17) is 4.74 Å². The molecule has 1 atom stereocenters. The smallest absolute Gasteiger partial charge is 0.407 e. The van der Waals surface area contributed by atoms with Crippen LogP contribution >= 0.6 is 0 Å². The summed E-state index contributed by atoms with van der Waals surface area (Å²) in [5, 5.41) is 2.64. The van der Waals surface area contributed by atoms with E-state index in [0.29, 0.717) is 5.56 Å². The molecule has 0 aromatic heterocycles. The molecule has 0 bridgehead atoms. The molecule has 1 saturated heterocycles. The molecular weight excluding hydrogens is 210 g/mol. The van der Waals surface area contributed by atoms with Crippen LogP contribution in [0.4, 0.5) is 4.79 Å². The van der Waals surface area contributed by atoms with Crippen LogP contribution in [0.5, 0.6) is 0 Å². The van der Waals surface area contributed by atoms with Gasteiger partial charge in [0.15, 0.2) is 0 Å². The van der Waals surface area contributed by atoms with E-state index in [1.807, 2.05) is 6.07 Å². The molecule has 16 heavy (non-hydrogen) atoms. The first-order chi connectivity index (χ1) is 7.70. The molecule has 1 fully saturated rings. The number of carbonyl (C=O) groups is 2. The molecule has 0 saturated carbocycles. The van der Waals surface area contributed by atoms with Crippen LogP contribution in [-0.2, 0) is 9.47 Å². The molecule has 84 valence electrons. The van der Waals surface area contributed by atoms with Crippen molar-refractivity contribution in [1.82, 2.24) is 5.32 Å². The summed E-state index contributed by atoms with van der Waals surface area (Å²) in [6, 6.07) is 6.72. The lowest BCUT2D eigenvalue weighted by Crippen LogP contribution is -2.18. The lowest BCUT2D eigenvalue weighted by molar-refractivity contribution is 0.0600. The molecule has 1 aliphatic rings. The fourth-order valence-corrected chi connectivity index (χ4v) is 1.56. The quantitative estimate of drug-likeness (QED) is 0.763. The third-order valence-electron chi connectivity index (χ3n) is 2.38. The largest absolute Gasteiger partial charge is 0.465 e. The highest BCUT2D eigenvalue weighted by atomic mass is 16.6. The Morgan fingerprint density at radius 3 is 3.00 bits per heavy atom. The lowest BCUT2D eigenvalue weighted by atomic mass is 10.1. The zero-order valence-corrected chi connectivity index (χ0v) is 8.73. The SMILES string of the molecule is COC(=O)c1cccc([C@@H]2COC(=O)N2)c1. The second-order valence-corrected chi connectivity index (χ2v) is 3.41. The molecule has 0 aliphatic carbocycles. The predicted octanol–water partition coefficient (Wildman–Crippen LogP) is 1.25. The summed E-state index contributed by atoms with van der Waals surface area (Å²) in [6.07, 6.45) is -0.437. The number of hydrogen-bond acceptors (Lipinski definition) is 4. The van der Waals surface area contributed by atoms with Crippen LogP contribution in [0.25, 0.3) is 0 Å². The average molecular weight is 221 g/mol. The van der Waals surface area contributed by atoms with E-state index in [1.54, 1.807) is 18.2 Å². The molecule has 1 aromatic carbocycles. The zero-order chi connectivity index (χ0) is 11.5. The number of nitrogens with one attached hydrogen (secondary N) is 1. The van der Waals surface area contributed by atoms with Crippen molar-refractivity contribution in [3.8, 4) is 0 Å². The summed E-state index contributed by atoms with van der Waals surface area (Å²) in [6.45, 7) is 0.281. The monoisotopic (exact) mass is 221 g/mol. The molecule has 0 spiro atoms. The van der Waals surface area contributed by atoms with E-state index >= 15 is 0 Å². The van der Waals surface area contributed by atoms with Crippen LogP contribution < -0.4 is 5.32 Å². The first kappa shape index (κ1) is 10.5. The van der Waals surface area contributed by atoms with Crippen molar-refractivity contribution in [2.24, 2.45) is 0 Å². The van der Waals surface area contributed by atoms with Gasteiger partial charge in [-0.2, -0.15) is 0 Å². The first-order valence-corrected chi connectivity index (χ1v) is 4.82. The number of esters is 1. The van der Waals surface area contributed by atoms with Gasteiger partial charge in [0.05, 0.1) is 18.7 Å². The summed E-state index contributed by atoms with van der Waals surface area (Å²) in [5.74, 6) is -0.396. The number of ether oxygens (including phenoxy) is 2. The summed E-state index contributed by atoms with van der Waals surface area (Å²) >= 11 is 0. The Bertz CT molecular complexity index is 430. The maximum atomic E-state index is 11.3. The predicted molar refractivity (Wildman–Crippen MR) is 55.0 cm³/mol. The Hall–Kier alpha value is -2.04. The standard InChI is InChI=1S/C11H11NO4/c1-15-10(13)8-4-2-3-7(5-8)9-6-16-11(14)12-9/h2-5,9H,6H2,1H3,(H,12,14)/t9-/m0/s1. The summed E-state index contributed by atoms with van der Waals surface area (Å²) in [7, 11) is 1.33. The van der Waals surface area contributed by atoms with Crippen molar-refractivity contribution >= 4 is 12.1 Å². The third-order valence-corrected chi connectivity index (χ3v) is 2.38. The average Bonchev–Trinajstić information content (AvgIpc) is 2.75. The van der Waals surface area contributed by atoms with Crippen LogP contribution in [-0.4, -0.2) is 25.8 Å². The van der Waals surface area contributed by atoms with Crippen molar-refractivity contribution in [2.75, 3.05) is 13.7 Å². The Morgan fingerprint density at radius 1 is 1.56 bits per heavy atom. The number of carbonyl (C=O) groups excluding carboxylic acids is 2. The number of cyclic esters (lactones) is 1. The van der Waals surface area contributed by atoms with E-state index in [-0.39, 0.29) is 12.6 Å². The Balaban J connectivity index is 2.22. The summed E-state index contributed by atoms with van der Waals surface area (Å²) in [5.41, 5.74) is 1.29. The minimum Gasteiger partial charge on any atom is -0.465 e. The number of hydrogen-bond donors (Lipinski definition) is 1. The van der Waals surface area contributed by atoms with E-state index in [9.17, 15) is 9.59 Å². The zero-order valence-electron chi connectivity index (χ0n) is 8.73. The van der Waals surface area contributed by atoms with Crippen LogP contribution in [0, 0.1) is 0 Å². The Kier molecular flexibility index (Phi) is 2.76. The normalized spacial score (nSPS) is 18.8. The van der Waals surface area contributed by atoms with Gasteiger partial charge >= 0.3 is 12.1 Å². The number of methoxy groups -OCH3 is 1. The second-order valence-electron chi connectivity index (χ2n) is 3.41. The minimum atomic E-state index is -0.437. The maximum Gasteiger partial charge on any atom is 0.407 e. The number of amides is 1. The van der Waals surface area contributed by atoms with E-state index in [1.165, 1.54) is 7.11 Å². The maximum absolute atomic E-state index is 11.3. The van der Waals surface area contributed by atoms with Crippen molar-refractivity contribution in [2.45, 2.75) is 6.04 Å². The Labute approximate surface area is 92.4 Å². The number of alkyl carbamates (subject to hydrolysis) is 1. The van der Waals surface area contributed by atoms with Gasteiger partial charge in [0, 0.05) is 0 Å². The Morgan fingerprint density at radius 2 is 2.38 bits per heavy atom. The highest BCUT2D eigenvalue weighted by Crippen LogP contribution is 2.19. The van der Waals surface area contributed by atoms with Crippen molar-refractivity contribution in [3.05, 3.63) is 35.4 Å². The van der Waals surface area contributed by atoms with Gasteiger partial charge in [-0.25, -0.2) is 9.59 Å². The molecule has 1 amide bonds. The molecule has 5 nitrogen and oxygen atoms in total. The fraction of sp³-hybridized carbons (Fsp3) is 0.273. The van der Waals surface area contributed by atoms with Crippen LogP contribution in [0.2, 0.25) is 0 Å². The van der Waals surface area contributed by atoms with Gasteiger partial charge in [0.25, 0.3) is 0 Å². The van der Waals surface area contributed by atoms with Gasteiger partial charge in [-0.05, 0) is 17.7 Å².